The molecule has 0 atom stereocenters. The molecule has 4 rings (SSSR count). The zero-order valence-electron chi connectivity index (χ0n) is 16.3. The van der Waals surface area contributed by atoms with Crippen molar-refractivity contribution in [3.8, 4) is 22.8 Å². The van der Waals surface area contributed by atoms with Gasteiger partial charge in [0.1, 0.15) is 11.3 Å². The quantitative estimate of drug-likeness (QED) is 0.437. The molecule has 0 unspecified atom stereocenters. The molecule has 0 saturated carbocycles. The number of rotatable bonds is 5. The van der Waals surface area contributed by atoms with Gasteiger partial charge in [0.25, 0.3) is 0 Å². The van der Waals surface area contributed by atoms with Crippen LogP contribution in [-0.4, -0.2) is 32.7 Å². The topological polar surface area (TPSA) is 115 Å². The molecule has 4 N–H and O–H groups in total. The molecule has 164 valence electrons. The van der Waals surface area contributed by atoms with E-state index in [9.17, 15) is 22.8 Å². The molecule has 2 aromatic heterocycles. The van der Waals surface area contributed by atoms with Crippen LogP contribution in [0.1, 0.15) is 5.56 Å². The number of amides is 2. The minimum absolute atomic E-state index is 0.238. The number of H-pyrrole nitrogens is 1. The Morgan fingerprint density at radius 2 is 1.88 bits per heavy atom. The molecule has 0 fully saturated rings. The van der Waals surface area contributed by atoms with Gasteiger partial charge >= 0.3 is 18.2 Å². The third-order valence-electron chi connectivity index (χ3n) is 4.59. The van der Waals surface area contributed by atoms with Crippen molar-refractivity contribution < 1.29 is 27.5 Å². The minimum Gasteiger partial charge on any atom is -0.408 e. The van der Waals surface area contributed by atoms with Crippen LogP contribution in [0.5, 0.6) is 5.75 Å². The third kappa shape index (κ3) is 4.41. The van der Waals surface area contributed by atoms with Crippen LogP contribution >= 0.6 is 0 Å². The Labute approximate surface area is 178 Å². The Bertz CT molecular complexity index is 1290. The number of nitrogens with two attached hydrogens (primary N) is 1. The van der Waals surface area contributed by atoms with E-state index in [-0.39, 0.29) is 12.3 Å². The molecule has 2 heterocycles. The first-order valence-corrected chi connectivity index (χ1v) is 9.29. The summed E-state index contributed by atoms with van der Waals surface area (Å²) in [5.41, 5.74) is 8.26. The number of ether oxygens (including phenoxy) is 1. The first-order chi connectivity index (χ1) is 15.2. The van der Waals surface area contributed by atoms with E-state index < -0.39 is 18.2 Å². The second-order valence-electron chi connectivity index (χ2n) is 6.81. The summed E-state index contributed by atoms with van der Waals surface area (Å²) in [5.74, 6) is -1.19. The number of nitrogens with zero attached hydrogens (tertiary/aromatic N) is 2. The first kappa shape index (κ1) is 21.0. The molecular formula is C21H16F3N5O3. The maximum absolute atomic E-state index is 12.3. The van der Waals surface area contributed by atoms with E-state index in [1.807, 2.05) is 17.4 Å². The Morgan fingerprint density at radius 1 is 1.12 bits per heavy atom. The summed E-state index contributed by atoms with van der Waals surface area (Å²) >= 11 is 0. The average Bonchev–Trinajstić information content (AvgIpc) is 3.39. The number of alkyl halides is 3. The number of halogens is 3. The van der Waals surface area contributed by atoms with Crippen molar-refractivity contribution in [2.75, 3.05) is 0 Å². The monoisotopic (exact) mass is 443 g/mol. The Morgan fingerprint density at radius 3 is 2.56 bits per heavy atom. The van der Waals surface area contributed by atoms with Crippen LogP contribution in [0.25, 0.3) is 28.1 Å². The molecule has 0 radical (unpaired) electrons. The smallest absolute Gasteiger partial charge is 0.408 e. The highest BCUT2D eigenvalue weighted by atomic mass is 19.4. The van der Waals surface area contributed by atoms with Crippen LogP contribution in [0.15, 0.2) is 60.9 Å². The zero-order chi connectivity index (χ0) is 22.9. The minimum atomic E-state index is -4.91. The van der Waals surface area contributed by atoms with Gasteiger partial charge in [0.2, 0.25) is 0 Å². The Hall–Kier alpha value is -4.28. The highest BCUT2D eigenvalue weighted by Crippen LogP contribution is 2.28. The fourth-order valence-electron chi connectivity index (χ4n) is 3.11. The molecule has 0 spiro atoms. The molecule has 0 aliphatic carbocycles. The highest BCUT2D eigenvalue weighted by Gasteiger charge is 2.38. The van der Waals surface area contributed by atoms with Crippen LogP contribution < -0.4 is 15.8 Å². The van der Waals surface area contributed by atoms with Crippen LogP contribution in [0.2, 0.25) is 0 Å². The van der Waals surface area contributed by atoms with Gasteiger partial charge in [-0.1, -0.05) is 6.07 Å². The number of imidazole rings is 1. The molecule has 4 aromatic rings. The van der Waals surface area contributed by atoms with Crippen molar-refractivity contribution in [1.29, 1.82) is 0 Å². The number of hydrogen-bond donors (Lipinski definition) is 3. The van der Waals surface area contributed by atoms with Gasteiger partial charge in [0.05, 0.1) is 5.52 Å². The number of aromatic amines is 1. The first-order valence-electron chi connectivity index (χ1n) is 9.29. The summed E-state index contributed by atoms with van der Waals surface area (Å²) in [5, 5.41) is 1.83. The van der Waals surface area contributed by atoms with Crippen molar-refractivity contribution in [3.63, 3.8) is 0 Å². The van der Waals surface area contributed by atoms with Crippen molar-refractivity contribution in [3.05, 3.63) is 66.5 Å². The lowest BCUT2D eigenvalue weighted by atomic mass is 10.2. The average molecular weight is 443 g/mol. The van der Waals surface area contributed by atoms with E-state index in [2.05, 4.69) is 9.97 Å². The lowest BCUT2D eigenvalue weighted by Crippen LogP contribution is -2.36. The van der Waals surface area contributed by atoms with Crippen molar-refractivity contribution in [2.45, 2.75) is 12.7 Å². The van der Waals surface area contributed by atoms with Gasteiger partial charge in [-0.25, -0.2) is 9.78 Å². The summed E-state index contributed by atoms with van der Waals surface area (Å²) < 4.78 is 43.6. The van der Waals surface area contributed by atoms with Gasteiger partial charge in [-0.15, -0.1) is 0 Å². The fourth-order valence-corrected chi connectivity index (χ4v) is 3.11. The molecule has 0 saturated heterocycles. The predicted molar refractivity (Wildman–Crippen MR) is 109 cm³/mol. The summed E-state index contributed by atoms with van der Waals surface area (Å²) in [6.45, 7) is -0.238. The van der Waals surface area contributed by atoms with Crippen molar-refractivity contribution in [1.82, 2.24) is 19.9 Å². The maximum Gasteiger partial charge on any atom is 0.471 e. The number of fused-ring (bicyclic) bond motifs is 1. The number of para-hydroxylation sites is 1. The molecule has 0 bridgehead atoms. The van der Waals surface area contributed by atoms with E-state index in [1.54, 1.807) is 53.4 Å². The molecular weight excluding hydrogens is 427 g/mol. The van der Waals surface area contributed by atoms with E-state index >= 15 is 0 Å². The molecule has 2 aromatic carbocycles. The van der Waals surface area contributed by atoms with Gasteiger partial charge < -0.3 is 25.3 Å². The predicted octanol–water partition coefficient (Wildman–Crippen LogP) is 3.66. The third-order valence-corrected chi connectivity index (χ3v) is 4.59. The second-order valence-corrected chi connectivity index (χ2v) is 6.81. The van der Waals surface area contributed by atoms with Gasteiger partial charge in [-0.2, -0.15) is 13.2 Å². The molecule has 11 heteroatoms. The molecule has 0 aliphatic heterocycles. The van der Waals surface area contributed by atoms with Gasteiger partial charge in [-0.05, 0) is 48.0 Å². The van der Waals surface area contributed by atoms with E-state index in [1.165, 1.54) is 0 Å². The molecule has 2 amide bonds. The SMILES string of the molecule is NC(=O)Oc1cccc2[nH]c(-c3ccc(-n4ccc(CNC(=O)C(F)(F)F)c4)cc3)nc12. The fraction of sp³-hybridized carbons (Fsp3) is 0.0952. The number of aromatic nitrogens is 3. The lowest BCUT2D eigenvalue weighted by Gasteiger charge is -2.07. The van der Waals surface area contributed by atoms with E-state index in [0.29, 0.717) is 22.4 Å². The number of nitrogens with one attached hydrogen (secondary N) is 2. The van der Waals surface area contributed by atoms with Gasteiger partial charge in [-0.3, -0.25) is 4.79 Å². The van der Waals surface area contributed by atoms with Crippen molar-refractivity contribution in [2.24, 2.45) is 5.73 Å². The maximum atomic E-state index is 12.3. The summed E-state index contributed by atoms with van der Waals surface area (Å²) in [4.78, 5) is 29.6. The van der Waals surface area contributed by atoms with E-state index in [4.69, 9.17) is 10.5 Å². The van der Waals surface area contributed by atoms with Crippen LogP contribution in [-0.2, 0) is 11.3 Å². The number of primary amides is 1. The van der Waals surface area contributed by atoms with Crippen LogP contribution in [0.3, 0.4) is 0 Å². The number of benzene rings is 2. The van der Waals surface area contributed by atoms with Crippen molar-refractivity contribution >= 4 is 23.0 Å². The zero-order valence-corrected chi connectivity index (χ0v) is 16.3. The standard InChI is InChI=1S/C21H16F3N5O3/c22-21(23,24)19(30)26-10-12-8-9-29(11-12)14-6-4-13(5-7-14)18-27-15-2-1-3-16(17(15)28-18)32-20(25)31/h1-9,11H,10H2,(H2,25,31)(H,26,30)(H,27,28). The van der Waals surface area contributed by atoms with Crippen LogP contribution in [0.4, 0.5) is 18.0 Å². The Kier molecular flexibility index (Phi) is 5.31. The highest BCUT2D eigenvalue weighted by molar-refractivity contribution is 5.87. The largest absolute Gasteiger partial charge is 0.471 e. The summed E-state index contributed by atoms with van der Waals surface area (Å²) in [7, 11) is 0. The summed E-state index contributed by atoms with van der Waals surface area (Å²) in [6.07, 6.45) is -2.55. The molecule has 32 heavy (non-hydrogen) atoms. The number of hydrogen-bond acceptors (Lipinski definition) is 4. The number of carbonyl (C=O) groups is 2. The molecule has 8 nitrogen and oxygen atoms in total. The lowest BCUT2D eigenvalue weighted by molar-refractivity contribution is -0.173. The Balaban J connectivity index is 1.51. The van der Waals surface area contributed by atoms with Gasteiger partial charge in [0.15, 0.2) is 5.75 Å². The summed E-state index contributed by atoms with van der Waals surface area (Å²) in [6, 6.07) is 13.9. The number of carbonyl (C=O) groups excluding carboxylic acids is 2. The normalized spacial score (nSPS) is 11.5. The van der Waals surface area contributed by atoms with Gasteiger partial charge in [0, 0.05) is 30.2 Å². The molecule has 0 aliphatic rings. The second kappa shape index (κ2) is 8.10. The van der Waals surface area contributed by atoms with E-state index in [0.717, 1.165) is 11.3 Å². The van der Waals surface area contributed by atoms with Crippen LogP contribution in [0, 0.1) is 0 Å².